The number of hydroxylamine groups is 1. The van der Waals surface area contributed by atoms with Crippen LogP contribution < -0.4 is 5.48 Å². The van der Waals surface area contributed by atoms with Gasteiger partial charge in [0, 0.05) is 0 Å². The van der Waals surface area contributed by atoms with Crippen LogP contribution in [-0.4, -0.2) is 12.5 Å². The lowest BCUT2D eigenvalue weighted by Crippen LogP contribution is -2.24. The second kappa shape index (κ2) is 4.90. The molecular weight excluding hydrogens is 174 g/mol. The van der Waals surface area contributed by atoms with E-state index in [0.29, 0.717) is 13.0 Å². The molecule has 0 radical (unpaired) electrons. The Labute approximate surface area is 75.3 Å². The Bertz CT molecular complexity index is 233. The molecule has 0 aliphatic rings. The number of thiophene rings is 1. The molecule has 1 aromatic heterocycles. The van der Waals surface area contributed by atoms with Crippen molar-refractivity contribution in [2.75, 3.05) is 6.61 Å². The van der Waals surface area contributed by atoms with Crippen LogP contribution in [0.4, 0.5) is 0 Å². The maximum Gasteiger partial charge on any atom is 0.247 e. The predicted molar refractivity (Wildman–Crippen MR) is 47.8 cm³/mol. The summed E-state index contributed by atoms with van der Waals surface area (Å²) in [6.07, 6.45) is 0.392. The highest BCUT2D eigenvalue weighted by molar-refractivity contribution is 7.07. The topological polar surface area (TPSA) is 38.3 Å². The van der Waals surface area contributed by atoms with Crippen LogP contribution in [0.2, 0.25) is 0 Å². The molecule has 4 heteroatoms. The highest BCUT2D eigenvalue weighted by Gasteiger charge is 2.01. The van der Waals surface area contributed by atoms with Crippen LogP contribution in [0.3, 0.4) is 0 Å². The fraction of sp³-hybridized carbons (Fsp3) is 0.375. The lowest BCUT2D eigenvalue weighted by atomic mass is 10.2. The molecule has 3 nitrogen and oxygen atoms in total. The summed E-state index contributed by atoms with van der Waals surface area (Å²) in [5.74, 6) is -0.102. The summed E-state index contributed by atoms with van der Waals surface area (Å²) in [5, 5.41) is 3.90. The van der Waals surface area contributed by atoms with E-state index in [4.69, 9.17) is 4.84 Å². The van der Waals surface area contributed by atoms with Crippen molar-refractivity contribution in [3.8, 4) is 0 Å². The molecule has 1 rings (SSSR count). The van der Waals surface area contributed by atoms with Crippen LogP contribution >= 0.6 is 11.3 Å². The lowest BCUT2D eigenvalue weighted by molar-refractivity contribution is -0.132. The van der Waals surface area contributed by atoms with Gasteiger partial charge < -0.3 is 0 Å². The minimum atomic E-state index is -0.102. The average molecular weight is 185 g/mol. The normalized spacial score (nSPS) is 9.75. The van der Waals surface area contributed by atoms with E-state index in [1.165, 1.54) is 0 Å². The molecule has 0 bridgehead atoms. The maximum atomic E-state index is 11.0. The van der Waals surface area contributed by atoms with Crippen molar-refractivity contribution < 1.29 is 9.63 Å². The molecule has 0 fully saturated rings. The Morgan fingerprint density at radius 2 is 2.58 bits per heavy atom. The molecule has 0 spiro atoms. The zero-order valence-electron chi connectivity index (χ0n) is 6.87. The minimum absolute atomic E-state index is 0.102. The SMILES string of the molecule is CCONC(=O)Cc1ccsc1. The van der Waals surface area contributed by atoms with Crippen molar-refractivity contribution >= 4 is 17.2 Å². The molecule has 66 valence electrons. The first-order valence-corrected chi connectivity index (χ1v) is 4.69. The number of carbonyl (C=O) groups excluding carboxylic acids is 1. The molecule has 0 aromatic carbocycles. The van der Waals surface area contributed by atoms with Gasteiger partial charge in [-0.15, -0.1) is 0 Å². The summed E-state index contributed by atoms with van der Waals surface area (Å²) in [6.45, 7) is 2.32. The van der Waals surface area contributed by atoms with Crippen LogP contribution in [0, 0.1) is 0 Å². The number of hydrogen-bond acceptors (Lipinski definition) is 3. The Balaban J connectivity index is 2.27. The van der Waals surface area contributed by atoms with Crippen molar-refractivity contribution in [2.24, 2.45) is 0 Å². The van der Waals surface area contributed by atoms with E-state index in [9.17, 15) is 4.79 Å². The van der Waals surface area contributed by atoms with Crippen LogP contribution in [0.15, 0.2) is 16.8 Å². The first kappa shape index (κ1) is 9.22. The minimum Gasteiger partial charge on any atom is -0.274 e. The second-order valence-corrected chi connectivity index (χ2v) is 3.05. The van der Waals surface area contributed by atoms with E-state index in [0.717, 1.165) is 5.56 Å². The highest BCUT2D eigenvalue weighted by Crippen LogP contribution is 2.05. The van der Waals surface area contributed by atoms with Crippen LogP contribution in [0.5, 0.6) is 0 Å². The van der Waals surface area contributed by atoms with E-state index in [1.54, 1.807) is 11.3 Å². The number of nitrogens with one attached hydrogen (secondary N) is 1. The predicted octanol–water partition coefficient (Wildman–Crippen LogP) is 1.36. The molecule has 1 amide bonds. The molecule has 0 atom stereocenters. The average Bonchev–Trinajstić information content (AvgIpc) is 2.53. The zero-order valence-corrected chi connectivity index (χ0v) is 7.69. The molecule has 1 N–H and O–H groups in total. The Hall–Kier alpha value is -0.870. The van der Waals surface area contributed by atoms with Crippen LogP contribution in [-0.2, 0) is 16.1 Å². The highest BCUT2D eigenvalue weighted by atomic mass is 32.1. The van der Waals surface area contributed by atoms with E-state index < -0.39 is 0 Å². The van der Waals surface area contributed by atoms with Gasteiger partial charge in [0.2, 0.25) is 5.91 Å². The summed E-state index contributed by atoms with van der Waals surface area (Å²) in [4.78, 5) is 15.8. The lowest BCUT2D eigenvalue weighted by Gasteiger charge is -2.01. The summed E-state index contributed by atoms with van der Waals surface area (Å²) < 4.78 is 0. The van der Waals surface area contributed by atoms with Gasteiger partial charge in [0.15, 0.2) is 0 Å². The van der Waals surface area contributed by atoms with Crippen LogP contribution in [0.1, 0.15) is 12.5 Å². The van der Waals surface area contributed by atoms with E-state index in [-0.39, 0.29) is 5.91 Å². The third-order valence-electron chi connectivity index (χ3n) is 1.28. The first-order chi connectivity index (χ1) is 5.83. The fourth-order valence-corrected chi connectivity index (χ4v) is 1.44. The molecule has 0 unspecified atom stereocenters. The zero-order chi connectivity index (χ0) is 8.81. The van der Waals surface area contributed by atoms with Crippen molar-refractivity contribution in [1.82, 2.24) is 5.48 Å². The third kappa shape index (κ3) is 3.02. The van der Waals surface area contributed by atoms with Gasteiger partial charge in [-0.25, -0.2) is 5.48 Å². The monoisotopic (exact) mass is 185 g/mol. The maximum absolute atomic E-state index is 11.0. The molecule has 0 aliphatic carbocycles. The van der Waals surface area contributed by atoms with Gasteiger partial charge in [-0.1, -0.05) is 0 Å². The quantitative estimate of drug-likeness (QED) is 0.719. The van der Waals surface area contributed by atoms with Crippen molar-refractivity contribution in [3.05, 3.63) is 22.4 Å². The molecule has 0 saturated heterocycles. The van der Waals surface area contributed by atoms with Gasteiger partial charge in [0.1, 0.15) is 0 Å². The van der Waals surface area contributed by atoms with Gasteiger partial charge in [0.05, 0.1) is 13.0 Å². The van der Waals surface area contributed by atoms with E-state index >= 15 is 0 Å². The van der Waals surface area contributed by atoms with Crippen molar-refractivity contribution in [3.63, 3.8) is 0 Å². The van der Waals surface area contributed by atoms with Gasteiger partial charge in [-0.3, -0.25) is 9.63 Å². The van der Waals surface area contributed by atoms with Crippen molar-refractivity contribution in [1.29, 1.82) is 0 Å². The third-order valence-corrected chi connectivity index (χ3v) is 2.01. The van der Waals surface area contributed by atoms with E-state index in [2.05, 4.69) is 5.48 Å². The summed E-state index contributed by atoms with van der Waals surface area (Å²) in [7, 11) is 0. The van der Waals surface area contributed by atoms with Crippen molar-refractivity contribution in [2.45, 2.75) is 13.3 Å². The van der Waals surface area contributed by atoms with Gasteiger partial charge in [-0.2, -0.15) is 11.3 Å². The number of hydrogen-bond donors (Lipinski definition) is 1. The number of rotatable bonds is 4. The first-order valence-electron chi connectivity index (χ1n) is 3.74. The number of carbonyl (C=O) groups is 1. The fourth-order valence-electron chi connectivity index (χ4n) is 0.767. The Kier molecular flexibility index (Phi) is 3.76. The van der Waals surface area contributed by atoms with Gasteiger partial charge in [0.25, 0.3) is 0 Å². The van der Waals surface area contributed by atoms with Gasteiger partial charge >= 0.3 is 0 Å². The number of amides is 1. The van der Waals surface area contributed by atoms with Gasteiger partial charge in [-0.05, 0) is 29.3 Å². The molecule has 12 heavy (non-hydrogen) atoms. The molecule has 0 aliphatic heterocycles. The largest absolute Gasteiger partial charge is 0.274 e. The Morgan fingerprint density at radius 1 is 1.75 bits per heavy atom. The second-order valence-electron chi connectivity index (χ2n) is 2.27. The summed E-state index contributed by atoms with van der Waals surface area (Å²) >= 11 is 1.58. The molecule has 0 saturated carbocycles. The standard InChI is InChI=1S/C8H11NO2S/c1-2-11-9-8(10)5-7-3-4-12-6-7/h3-4,6H,2,5H2,1H3,(H,9,10). The smallest absolute Gasteiger partial charge is 0.247 e. The molecule has 1 heterocycles. The van der Waals surface area contributed by atoms with Crippen LogP contribution in [0.25, 0.3) is 0 Å². The Morgan fingerprint density at radius 3 is 3.17 bits per heavy atom. The van der Waals surface area contributed by atoms with E-state index in [1.807, 2.05) is 23.8 Å². The molecular formula is C8H11NO2S. The molecule has 1 aromatic rings. The summed E-state index contributed by atoms with van der Waals surface area (Å²) in [5.41, 5.74) is 3.36. The summed E-state index contributed by atoms with van der Waals surface area (Å²) in [6, 6.07) is 1.93.